The Kier molecular flexibility index (Phi) is 12.8. The summed E-state index contributed by atoms with van der Waals surface area (Å²) >= 11 is 0. The number of piperazine rings is 1. The Morgan fingerprint density at radius 2 is 1.97 bits per heavy atom. The molecule has 3 N–H and O–H groups in total. The predicted octanol–water partition coefficient (Wildman–Crippen LogP) is 1.46. The van der Waals surface area contributed by atoms with Gasteiger partial charge in [-0.15, -0.1) is 24.0 Å². The largest absolute Gasteiger partial charge is 0.491 e. The van der Waals surface area contributed by atoms with Crippen LogP contribution in [0.25, 0.3) is 0 Å². The van der Waals surface area contributed by atoms with Crippen molar-refractivity contribution in [2.24, 2.45) is 4.99 Å². The first-order valence-electron chi connectivity index (χ1n) is 10.8. The zero-order chi connectivity index (χ0) is 21.9. The molecule has 1 saturated heterocycles. The maximum atomic E-state index is 12.0. The molecule has 0 aromatic heterocycles. The van der Waals surface area contributed by atoms with Gasteiger partial charge in [-0.3, -0.25) is 14.7 Å². The van der Waals surface area contributed by atoms with Gasteiger partial charge in [0.25, 0.3) is 0 Å². The summed E-state index contributed by atoms with van der Waals surface area (Å²) in [6.45, 7) is 12.8. The second-order valence-corrected chi connectivity index (χ2v) is 7.96. The summed E-state index contributed by atoms with van der Waals surface area (Å²) in [6, 6.07) is 7.93. The molecule has 8 nitrogen and oxygen atoms in total. The van der Waals surface area contributed by atoms with Crippen molar-refractivity contribution in [2.75, 3.05) is 52.4 Å². The molecule has 0 bridgehead atoms. The van der Waals surface area contributed by atoms with E-state index in [0.717, 1.165) is 50.0 Å². The summed E-state index contributed by atoms with van der Waals surface area (Å²) in [5.74, 6) is 1.61. The molecule has 1 heterocycles. The third-order valence-electron chi connectivity index (χ3n) is 4.71. The van der Waals surface area contributed by atoms with Crippen molar-refractivity contribution in [3.63, 3.8) is 0 Å². The first-order chi connectivity index (χ1) is 14.4. The minimum absolute atomic E-state index is 0. The van der Waals surface area contributed by atoms with E-state index in [0.29, 0.717) is 6.54 Å². The molecule has 0 saturated carbocycles. The Hall–Kier alpha value is -1.59. The number of aliphatic hydroxyl groups excluding tert-OH is 1. The lowest BCUT2D eigenvalue weighted by molar-refractivity contribution is -0.123. The second kappa shape index (κ2) is 14.5. The number of hydrogen-bond donors (Lipinski definition) is 3. The van der Waals surface area contributed by atoms with Gasteiger partial charge in [-0.1, -0.05) is 12.1 Å². The number of aliphatic imine (C=N–C) groups is 1. The molecule has 1 aliphatic rings. The number of nitrogens with zero attached hydrogens (tertiary/aromatic N) is 3. The average molecular weight is 547 g/mol. The fourth-order valence-electron chi connectivity index (χ4n) is 3.26. The van der Waals surface area contributed by atoms with Gasteiger partial charge in [0.05, 0.1) is 13.1 Å². The van der Waals surface area contributed by atoms with Crippen LogP contribution in [0, 0.1) is 6.92 Å². The summed E-state index contributed by atoms with van der Waals surface area (Å²) < 4.78 is 5.67. The summed E-state index contributed by atoms with van der Waals surface area (Å²) in [7, 11) is 0. The number of carbonyl (C=O) groups excluding carboxylic acids is 1. The molecule has 2 rings (SSSR count). The first kappa shape index (κ1) is 27.4. The number of hydrogen-bond acceptors (Lipinski definition) is 5. The van der Waals surface area contributed by atoms with Crippen LogP contribution in [0.3, 0.4) is 0 Å². The maximum Gasteiger partial charge on any atom is 0.234 e. The SMILES string of the molecule is CCNC(=NCC(O)COc1cccc(C)c1)N1CCN(CC(=O)NC(C)C)CC1.I. The highest BCUT2D eigenvalue weighted by atomic mass is 127. The molecular weight excluding hydrogens is 509 g/mol. The lowest BCUT2D eigenvalue weighted by atomic mass is 10.2. The van der Waals surface area contributed by atoms with Gasteiger partial charge in [0.1, 0.15) is 18.5 Å². The van der Waals surface area contributed by atoms with Crippen LogP contribution in [-0.4, -0.2) is 91.3 Å². The molecular formula is C22H38IN5O3. The summed E-state index contributed by atoms with van der Waals surface area (Å²) in [5.41, 5.74) is 1.12. The van der Waals surface area contributed by atoms with Crippen molar-refractivity contribution in [3.05, 3.63) is 29.8 Å². The molecule has 1 fully saturated rings. The van der Waals surface area contributed by atoms with E-state index in [1.165, 1.54) is 0 Å². The molecule has 176 valence electrons. The molecule has 0 radical (unpaired) electrons. The number of ether oxygens (including phenoxy) is 1. The highest BCUT2D eigenvalue weighted by Crippen LogP contribution is 2.12. The van der Waals surface area contributed by atoms with Gasteiger partial charge in [-0.2, -0.15) is 0 Å². The molecule has 1 aromatic carbocycles. The van der Waals surface area contributed by atoms with E-state index < -0.39 is 6.10 Å². The third-order valence-corrected chi connectivity index (χ3v) is 4.71. The van der Waals surface area contributed by atoms with Gasteiger partial charge < -0.3 is 25.4 Å². The van der Waals surface area contributed by atoms with Crippen molar-refractivity contribution in [2.45, 2.75) is 39.8 Å². The van der Waals surface area contributed by atoms with Gasteiger partial charge >= 0.3 is 0 Å². The van der Waals surface area contributed by atoms with Crippen LogP contribution in [0.15, 0.2) is 29.3 Å². The zero-order valence-corrected chi connectivity index (χ0v) is 21.5. The summed E-state index contributed by atoms with van der Waals surface area (Å²) in [4.78, 5) is 20.9. The van der Waals surface area contributed by atoms with E-state index in [1.54, 1.807) is 0 Å². The number of aryl methyl sites for hydroxylation is 1. The molecule has 1 aliphatic heterocycles. The van der Waals surface area contributed by atoms with Crippen molar-refractivity contribution in [1.29, 1.82) is 0 Å². The Morgan fingerprint density at radius 3 is 2.58 bits per heavy atom. The third kappa shape index (κ3) is 10.5. The van der Waals surface area contributed by atoms with Crippen LogP contribution in [0.4, 0.5) is 0 Å². The van der Waals surface area contributed by atoms with E-state index in [1.807, 2.05) is 52.0 Å². The summed E-state index contributed by atoms with van der Waals surface area (Å²) in [6.07, 6.45) is -0.680. The zero-order valence-electron chi connectivity index (χ0n) is 19.1. The topological polar surface area (TPSA) is 89.4 Å². The number of guanidine groups is 1. The fraction of sp³-hybridized carbons (Fsp3) is 0.636. The standard InChI is InChI=1S/C22H37N5O3.HI/c1-5-23-22(24-14-19(28)16-30-20-8-6-7-18(4)13-20)27-11-9-26(10-12-27)15-21(29)25-17(2)3;/h6-8,13,17,19,28H,5,9-12,14-16H2,1-4H3,(H,23,24)(H,25,29);1H. The van der Waals surface area contributed by atoms with Crippen molar-refractivity contribution >= 4 is 35.8 Å². The van der Waals surface area contributed by atoms with Gasteiger partial charge in [-0.05, 0) is 45.4 Å². The number of amides is 1. The molecule has 1 aromatic rings. The lowest BCUT2D eigenvalue weighted by Gasteiger charge is -2.36. The highest BCUT2D eigenvalue weighted by molar-refractivity contribution is 14.0. The van der Waals surface area contributed by atoms with Gasteiger partial charge in [0.2, 0.25) is 5.91 Å². The van der Waals surface area contributed by atoms with Crippen molar-refractivity contribution < 1.29 is 14.6 Å². The van der Waals surface area contributed by atoms with Crippen LogP contribution >= 0.6 is 24.0 Å². The Labute approximate surface area is 203 Å². The van der Waals surface area contributed by atoms with Crippen LogP contribution < -0.4 is 15.4 Å². The monoisotopic (exact) mass is 547 g/mol. The molecule has 0 spiro atoms. The van der Waals surface area contributed by atoms with E-state index in [-0.39, 0.29) is 49.1 Å². The normalized spacial score (nSPS) is 15.9. The Morgan fingerprint density at radius 1 is 1.26 bits per heavy atom. The molecule has 1 unspecified atom stereocenters. The number of rotatable bonds is 9. The number of halogens is 1. The predicted molar refractivity (Wildman–Crippen MR) is 135 cm³/mol. The number of nitrogens with one attached hydrogen (secondary N) is 2. The molecule has 1 amide bonds. The van der Waals surface area contributed by atoms with Crippen LogP contribution in [-0.2, 0) is 4.79 Å². The highest BCUT2D eigenvalue weighted by Gasteiger charge is 2.21. The van der Waals surface area contributed by atoms with Crippen molar-refractivity contribution in [3.8, 4) is 5.75 Å². The van der Waals surface area contributed by atoms with Gasteiger partial charge in [0.15, 0.2) is 5.96 Å². The van der Waals surface area contributed by atoms with Crippen LogP contribution in [0.1, 0.15) is 26.3 Å². The minimum atomic E-state index is -0.680. The van der Waals surface area contributed by atoms with Crippen LogP contribution in [0.5, 0.6) is 5.75 Å². The Bertz CT molecular complexity index is 693. The smallest absolute Gasteiger partial charge is 0.234 e. The number of carbonyl (C=O) groups is 1. The van der Waals surface area contributed by atoms with Gasteiger partial charge in [0, 0.05) is 38.8 Å². The van der Waals surface area contributed by atoms with E-state index >= 15 is 0 Å². The molecule has 1 atom stereocenters. The van der Waals surface area contributed by atoms with Gasteiger partial charge in [-0.25, -0.2) is 0 Å². The van der Waals surface area contributed by atoms with E-state index in [9.17, 15) is 9.90 Å². The number of benzene rings is 1. The Balaban J connectivity index is 0.00000480. The minimum Gasteiger partial charge on any atom is -0.491 e. The maximum absolute atomic E-state index is 12.0. The second-order valence-electron chi connectivity index (χ2n) is 7.96. The fourth-order valence-corrected chi connectivity index (χ4v) is 3.26. The van der Waals surface area contributed by atoms with Crippen molar-refractivity contribution in [1.82, 2.24) is 20.4 Å². The molecule has 0 aliphatic carbocycles. The van der Waals surface area contributed by atoms with E-state index in [2.05, 4.69) is 25.4 Å². The van der Waals surface area contributed by atoms with E-state index in [4.69, 9.17) is 4.74 Å². The molecule has 9 heteroatoms. The summed E-state index contributed by atoms with van der Waals surface area (Å²) in [5, 5.41) is 16.5. The average Bonchev–Trinajstić information content (AvgIpc) is 2.69. The molecule has 31 heavy (non-hydrogen) atoms. The first-order valence-corrected chi connectivity index (χ1v) is 10.8. The lowest BCUT2D eigenvalue weighted by Crippen LogP contribution is -2.54. The van der Waals surface area contributed by atoms with Crippen LogP contribution in [0.2, 0.25) is 0 Å². The quantitative estimate of drug-likeness (QED) is 0.247. The number of aliphatic hydroxyl groups is 1.